The van der Waals surface area contributed by atoms with Crippen molar-refractivity contribution in [2.45, 2.75) is 38.8 Å². The molecule has 0 saturated carbocycles. The third-order valence-electron chi connectivity index (χ3n) is 5.33. The van der Waals surface area contributed by atoms with Crippen molar-refractivity contribution in [2.24, 2.45) is 7.05 Å². The fraction of sp³-hybridized carbons (Fsp3) is 0.364. The highest BCUT2D eigenvalue weighted by Crippen LogP contribution is 2.30. The van der Waals surface area contributed by atoms with E-state index in [-0.39, 0.29) is 11.9 Å². The SMILES string of the molecule is Cc1nc([C@H]2CCCCN2Cc2cnn(C)c2)ncc1C(=O)Nc1ccccc1. The van der Waals surface area contributed by atoms with E-state index in [9.17, 15) is 4.79 Å². The maximum Gasteiger partial charge on any atom is 0.259 e. The molecule has 1 N–H and O–H groups in total. The summed E-state index contributed by atoms with van der Waals surface area (Å²) in [7, 11) is 1.93. The molecule has 1 aliphatic rings. The first kappa shape index (κ1) is 19.3. The highest BCUT2D eigenvalue weighted by atomic mass is 16.1. The molecule has 7 nitrogen and oxygen atoms in total. The number of carbonyl (C=O) groups excluding carboxylic acids is 1. The lowest BCUT2D eigenvalue weighted by Gasteiger charge is -2.34. The van der Waals surface area contributed by atoms with E-state index in [2.05, 4.69) is 26.5 Å². The molecule has 1 atom stereocenters. The normalized spacial score (nSPS) is 17.2. The molecular formula is C22H26N6O. The molecule has 0 spiro atoms. The number of rotatable bonds is 5. The van der Waals surface area contributed by atoms with E-state index in [0.29, 0.717) is 11.3 Å². The number of anilines is 1. The standard InChI is InChI=1S/C22H26N6O/c1-16-19(22(29)26-18-8-4-3-5-9-18)13-23-21(25-16)20-10-6-7-11-28(20)15-17-12-24-27(2)14-17/h3-5,8-9,12-14,20H,6-7,10-11,15H2,1-2H3,(H,26,29)/t20-/m1/s1. The number of aryl methyl sites for hydroxylation is 2. The number of carbonyl (C=O) groups is 1. The van der Waals surface area contributed by atoms with Gasteiger partial charge in [0.15, 0.2) is 0 Å². The van der Waals surface area contributed by atoms with Crippen molar-refractivity contribution in [3.63, 3.8) is 0 Å². The summed E-state index contributed by atoms with van der Waals surface area (Å²) in [6.07, 6.45) is 8.98. The maximum atomic E-state index is 12.6. The molecule has 0 aliphatic carbocycles. The molecule has 1 aliphatic heterocycles. The van der Waals surface area contributed by atoms with Gasteiger partial charge in [-0.25, -0.2) is 9.97 Å². The van der Waals surface area contributed by atoms with Gasteiger partial charge in [0, 0.05) is 37.2 Å². The Morgan fingerprint density at radius 3 is 2.76 bits per heavy atom. The number of aromatic nitrogens is 4. The molecule has 7 heteroatoms. The first-order valence-electron chi connectivity index (χ1n) is 10.0. The van der Waals surface area contributed by atoms with Crippen LogP contribution in [0, 0.1) is 6.92 Å². The van der Waals surface area contributed by atoms with Crippen LogP contribution in [0.4, 0.5) is 5.69 Å². The molecule has 29 heavy (non-hydrogen) atoms. The Labute approximate surface area is 170 Å². The van der Waals surface area contributed by atoms with Gasteiger partial charge in [0.2, 0.25) is 0 Å². The fourth-order valence-electron chi connectivity index (χ4n) is 3.85. The number of nitrogens with one attached hydrogen (secondary N) is 1. The van der Waals surface area contributed by atoms with Crippen molar-refractivity contribution in [1.82, 2.24) is 24.6 Å². The van der Waals surface area contributed by atoms with Crippen LogP contribution < -0.4 is 5.32 Å². The zero-order valence-corrected chi connectivity index (χ0v) is 16.9. The van der Waals surface area contributed by atoms with Gasteiger partial charge in [-0.3, -0.25) is 14.4 Å². The van der Waals surface area contributed by atoms with Crippen molar-refractivity contribution in [2.75, 3.05) is 11.9 Å². The summed E-state index contributed by atoms with van der Waals surface area (Å²) in [6, 6.07) is 9.58. The van der Waals surface area contributed by atoms with Crippen molar-refractivity contribution >= 4 is 11.6 Å². The van der Waals surface area contributed by atoms with Crippen LogP contribution >= 0.6 is 0 Å². The van der Waals surface area contributed by atoms with Gasteiger partial charge in [-0.2, -0.15) is 5.10 Å². The average Bonchev–Trinajstić information content (AvgIpc) is 3.13. The van der Waals surface area contributed by atoms with E-state index in [1.54, 1.807) is 6.20 Å². The number of amides is 1. The number of nitrogens with zero attached hydrogens (tertiary/aromatic N) is 5. The van der Waals surface area contributed by atoms with Crippen molar-refractivity contribution < 1.29 is 4.79 Å². The summed E-state index contributed by atoms with van der Waals surface area (Å²) in [6.45, 7) is 3.72. The van der Waals surface area contributed by atoms with Gasteiger partial charge in [-0.15, -0.1) is 0 Å². The van der Waals surface area contributed by atoms with Crippen LogP contribution in [0.1, 0.15) is 52.7 Å². The molecule has 150 valence electrons. The van der Waals surface area contributed by atoms with E-state index in [4.69, 9.17) is 4.98 Å². The first-order valence-corrected chi connectivity index (χ1v) is 10.0. The molecule has 1 aromatic carbocycles. The molecule has 0 bridgehead atoms. The topological polar surface area (TPSA) is 75.9 Å². The van der Waals surface area contributed by atoms with Crippen LogP contribution in [0.15, 0.2) is 48.9 Å². The predicted molar refractivity (Wildman–Crippen MR) is 111 cm³/mol. The van der Waals surface area contributed by atoms with Gasteiger partial charge >= 0.3 is 0 Å². The molecule has 0 unspecified atom stereocenters. The smallest absolute Gasteiger partial charge is 0.259 e. The summed E-state index contributed by atoms with van der Waals surface area (Å²) < 4.78 is 1.83. The molecule has 3 aromatic rings. The Bertz CT molecular complexity index is 984. The highest BCUT2D eigenvalue weighted by molar-refractivity contribution is 6.04. The average molecular weight is 390 g/mol. The fourth-order valence-corrected chi connectivity index (χ4v) is 3.85. The monoisotopic (exact) mass is 390 g/mol. The first-order chi connectivity index (χ1) is 14.1. The van der Waals surface area contributed by atoms with Crippen molar-refractivity contribution in [1.29, 1.82) is 0 Å². The van der Waals surface area contributed by atoms with Crippen molar-refractivity contribution in [3.8, 4) is 0 Å². The summed E-state index contributed by atoms with van der Waals surface area (Å²) in [5.74, 6) is 0.610. The number of hydrogen-bond donors (Lipinski definition) is 1. The van der Waals surface area contributed by atoms with E-state index in [1.165, 1.54) is 12.0 Å². The minimum Gasteiger partial charge on any atom is -0.322 e. The van der Waals surface area contributed by atoms with Gasteiger partial charge < -0.3 is 5.32 Å². The lowest BCUT2D eigenvalue weighted by molar-refractivity contribution is 0.102. The second-order valence-electron chi connectivity index (χ2n) is 7.55. The highest BCUT2D eigenvalue weighted by Gasteiger charge is 2.27. The number of piperidine rings is 1. The van der Waals surface area contributed by atoms with E-state index >= 15 is 0 Å². The van der Waals surface area contributed by atoms with Gasteiger partial charge in [0.05, 0.1) is 23.5 Å². The molecule has 3 heterocycles. The van der Waals surface area contributed by atoms with Crippen LogP contribution in [0.5, 0.6) is 0 Å². The lowest BCUT2D eigenvalue weighted by Crippen LogP contribution is -2.34. The third kappa shape index (κ3) is 4.51. The van der Waals surface area contributed by atoms with E-state index in [0.717, 1.165) is 37.4 Å². The van der Waals surface area contributed by atoms with Crippen LogP contribution in [0.3, 0.4) is 0 Å². The largest absolute Gasteiger partial charge is 0.322 e. The molecular weight excluding hydrogens is 364 g/mol. The van der Waals surface area contributed by atoms with Gasteiger partial charge in [-0.05, 0) is 38.4 Å². The van der Waals surface area contributed by atoms with E-state index in [1.807, 2.05) is 55.2 Å². The number of para-hydroxylation sites is 1. The zero-order chi connectivity index (χ0) is 20.2. The van der Waals surface area contributed by atoms with Crippen LogP contribution in [-0.4, -0.2) is 37.1 Å². The minimum absolute atomic E-state index is 0.161. The minimum atomic E-state index is -0.184. The molecule has 1 saturated heterocycles. The van der Waals surface area contributed by atoms with Gasteiger partial charge in [0.25, 0.3) is 5.91 Å². The number of hydrogen-bond acceptors (Lipinski definition) is 5. The summed E-state index contributed by atoms with van der Waals surface area (Å²) in [5, 5.41) is 7.18. The second kappa shape index (κ2) is 8.53. The van der Waals surface area contributed by atoms with Gasteiger partial charge in [0.1, 0.15) is 5.82 Å². The van der Waals surface area contributed by atoms with Crippen molar-refractivity contribution in [3.05, 3.63) is 71.6 Å². The Morgan fingerprint density at radius 2 is 2.03 bits per heavy atom. The predicted octanol–water partition coefficient (Wildman–Crippen LogP) is 3.50. The second-order valence-corrected chi connectivity index (χ2v) is 7.55. The van der Waals surface area contributed by atoms with E-state index < -0.39 is 0 Å². The Balaban J connectivity index is 1.51. The zero-order valence-electron chi connectivity index (χ0n) is 16.9. The van der Waals surface area contributed by atoms with Crippen LogP contribution in [0.2, 0.25) is 0 Å². The number of likely N-dealkylation sites (tertiary alicyclic amines) is 1. The summed E-state index contributed by atoms with van der Waals surface area (Å²) >= 11 is 0. The third-order valence-corrected chi connectivity index (χ3v) is 5.33. The molecule has 4 rings (SSSR count). The molecule has 1 amide bonds. The Hall–Kier alpha value is -3.06. The lowest BCUT2D eigenvalue weighted by atomic mass is 10.0. The summed E-state index contributed by atoms with van der Waals surface area (Å²) in [5.41, 5.74) is 3.16. The van der Waals surface area contributed by atoms with Crippen LogP contribution in [-0.2, 0) is 13.6 Å². The maximum absolute atomic E-state index is 12.6. The summed E-state index contributed by atoms with van der Waals surface area (Å²) in [4.78, 5) is 24.3. The Morgan fingerprint density at radius 1 is 1.21 bits per heavy atom. The van der Waals surface area contributed by atoms with Crippen LogP contribution in [0.25, 0.3) is 0 Å². The molecule has 1 fully saturated rings. The molecule has 0 radical (unpaired) electrons. The Kier molecular flexibility index (Phi) is 5.67. The quantitative estimate of drug-likeness (QED) is 0.722. The van der Waals surface area contributed by atoms with Gasteiger partial charge in [-0.1, -0.05) is 24.6 Å². The molecule has 2 aromatic heterocycles. The number of benzene rings is 1.